The van der Waals surface area contributed by atoms with Crippen molar-refractivity contribution in [3.05, 3.63) is 61.2 Å². The summed E-state index contributed by atoms with van der Waals surface area (Å²) in [5, 5.41) is 1.25. The van der Waals surface area contributed by atoms with Crippen LogP contribution in [-0.4, -0.2) is 9.55 Å². The summed E-state index contributed by atoms with van der Waals surface area (Å²) in [6.07, 6.45) is 0.595. The van der Waals surface area contributed by atoms with Crippen molar-refractivity contribution in [2.24, 2.45) is 0 Å². The van der Waals surface area contributed by atoms with Gasteiger partial charge in [0.2, 0.25) is 0 Å². The van der Waals surface area contributed by atoms with Crippen molar-refractivity contribution in [1.29, 1.82) is 0 Å². The Morgan fingerprint density at radius 3 is 2.42 bits per heavy atom. The number of benzene rings is 1. The van der Waals surface area contributed by atoms with E-state index in [9.17, 15) is 4.79 Å². The third-order valence-electron chi connectivity index (χ3n) is 2.75. The Morgan fingerprint density at radius 1 is 1.21 bits per heavy atom. The molecule has 0 atom stereocenters. The smallest absolute Gasteiger partial charge is 0.255 e. The fourth-order valence-electron chi connectivity index (χ4n) is 1.80. The summed E-state index contributed by atoms with van der Waals surface area (Å²) in [6.45, 7) is 2.19. The van der Waals surface area contributed by atoms with Crippen molar-refractivity contribution in [3.8, 4) is 0 Å². The molecule has 0 saturated carbocycles. The van der Waals surface area contributed by atoms with E-state index in [4.69, 9.17) is 34.8 Å². The number of aromatic nitrogens is 2. The molecule has 19 heavy (non-hydrogen) atoms. The van der Waals surface area contributed by atoms with Crippen LogP contribution < -0.4 is 5.56 Å². The minimum atomic E-state index is -0.215. The first kappa shape index (κ1) is 14.4. The van der Waals surface area contributed by atoms with Gasteiger partial charge in [0.05, 0.1) is 6.54 Å². The van der Waals surface area contributed by atoms with Crippen LogP contribution in [0.1, 0.15) is 18.3 Å². The SMILES string of the molecule is CCc1nc(Cl)cc(=O)n1Cc1c(Cl)cccc1Cl. The van der Waals surface area contributed by atoms with E-state index >= 15 is 0 Å². The van der Waals surface area contributed by atoms with Gasteiger partial charge in [-0.25, -0.2) is 4.98 Å². The Labute approximate surface area is 125 Å². The molecule has 0 saturated heterocycles. The van der Waals surface area contributed by atoms with Crippen LogP contribution in [0.3, 0.4) is 0 Å². The van der Waals surface area contributed by atoms with Gasteiger partial charge in [-0.2, -0.15) is 0 Å². The van der Waals surface area contributed by atoms with E-state index in [0.29, 0.717) is 27.9 Å². The van der Waals surface area contributed by atoms with E-state index in [1.807, 2.05) is 6.92 Å². The average molecular weight is 318 g/mol. The van der Waals surface area contributed by atoms with Gasteiger partial charge < -0.3 is 0 Å². The lowest BCUT2D eigenvalue weighted by molar-refractivity contribution is 0.675. The van der Waals surface area contributed by atoms with Crippen LogP contribution >= 0.6 is 34.8 Å². The molecule has 0 amide bonds. The molecule has 0 N–H and O–H groups in total. The number of halogens is 3. The zero-order valence-electron chi connectivity index (χ0n) is 10.2. The third kappa shape index (κ3) is 3.11. The molecule has 0 aliphatic heterocycles. The molecule has 100 valence electrons. The second-order valence-corrected chi connectivity index (χ2v) is 5.17. The highest BCUT2D eigenvalue weighted by Crippen LogP contribution is 2.25. The van der Waals surface area contributed by atoms with Crippen molar-refractivity contribution < 1.29 is 0 Å². The maximum Gasteiger partial charge on any atom is 0.255 e. The minimum absolute atomic E-state index is 0.198. The molecule has 6 heteroatoms. The van der Waals surface area contributed by atoms with Gasteiger partial charge in [0.15, 0.2) is 0 Å². The number of rotatable bonds is 3. The second-order valence-electron chi connectivity index (χ2n) is 3.97. The second kappa shape index (κ2) is 5.95. The first-order valence-electron chi connectivity index (χ1n) is 5.72. The lowest BCUT2D eigenvalue weighted by Crippen LogP contribution is -2.25. The molecule has 0 fully saturated rings. The first-order valence-corrected chi connectivity index (χ1v) is 6.85. The summed E-state index contributed by atoms with van der Waals surface area (Å²) in [4.78, 5) is 16.1. The van der Waals surface area contributed by atoms with Crippen LogP contribution in [0.2, 0.25) is 15.2 Å². The van der Waals surface area contributed by atoms with Gasteiger partial charge >= 0.3 is 0 Å². The summed E-state index contributed by atoms with van der Waals surface area (Å²) in [5.74, 6) is 0.605. The van der Waals surface area contributed by atoms with Gasteiger partial charge in [-0.1, -0.05) is 47.8 Å². The zero-order chi connectivity index (χ0) is 14.0. The van der Waals surface area contributed by atoms with Crippen molar-refractivity contribution in [1.82, 2.24) is 9.55 Å². The summed E-state index contributed by atoms with van der Waals surface area (Å²) >= 11 is 18.0. The van der Waals surface area contributed by atoms with Crippen molar-refractivity contribution in [2.45, 2.75) is 19.9 Å². The predicted molar refractivity (Wildman–Crippen MR) is 78.4 cm³/mol. The van der Waals surface area contributed by atoms with E-state index in [1.165, 1.54) is 10.6 Å². The zero-order valence-corrected chi connectivity index (χ0v) is 12.4. The lowest BCUT2D eigenvalue weighted by Gasteiger charge is -2.13. The molecular formula is C13H11Cl3N2O. The minimum Gasteiger partial charge on any atom is -0.292 e. The fraction of sp³-hybridized carbons (Fsp3) is 0.231. The maximum atomic E-state index is 12.0. The predicted octanol–water partition coefficient (Wildman–Crippen LogP) is 3.81. The average Bonchev–Trinajstić information content (AvgIpc) is 2.35. The Kier molecular flexibility index (Phi) is 4.50. The summed E-state index contributed by atoms with van der Waals surface area (Å²) < 4.78 is 1.53. The molecule has 0 aliphatic rings. The number of aryl methyl sites for hydroxylation is 1. The van der Waals surface area contributed by atoms with Gasteiger partial charge in [0.1, 0.15) is 11.0 Å². The largest absolute Gasteiger partial charge is 0.292 e. The van der Waals surface area contributed by atoms with Crippen LogP contribution in [0.4, 0.5) is 0 Å². The van der Waals surface area contributed by atoms with Gasteiger partial charge in [0, 0.05) is 28.1 Å². The third-order valence-corrected chi connectivity index (χ3v) is 3.65. The first-order chi connectivity index (χ1) is 9.02. The van der Waals surface area contributed by atoms with Crippen LogP contribution in [0.25, 0.3) is 0 Å². The molecule has 0 radical (unpaired) electrons. The van der Waals surface area contributed by atoms with E-state index in [1.54, 1.807) is 18.2 Å². The highest BCUT2D eigenvalue weighted by Gasteiger charge is 2.11. The molecule has 0 unspecified atom stereocenters. The van der Waals surface area contributed by atoms with Gasteiger partial charge in [0.25, 0.3) is 5.56 Å². The topological polar surface area (TPSA) is 34.9 Å². The van der Waals surface area contributed by atoms with Crippen LogP contribution in [0.15, 0.2) is 29.1 Å². The van der Waals surface area contributed by atoms with E-state index < -0.39 is 0 Å². The summed E-state index contributed by atoms with van der Waals surface area (Å²) in [5.41, 5.74) is 0.486. The highest BCUT2D eigenvalue weighted by molar-refractivity contribution is 6.36. The lowest BCUT2D eigenvalue weighted by atomic mass is 10.2. The van der Waals surface area contributed by atoms with E-state index in [2.05, 4.69) is 4.98 Å². The molecule has 2 rings (SSSR count). The van der Waals surface area contributed by atoms with Crippen molar-refractivity contribution in [3.63, 3.8) is 0 Å². The quantitative estimate of drug-likeness (QED) is 0.807. The molecule has 3 nitrogen and oxygen atoms in total. The van der Waals surface area contributed by atoms with Gasteiger partial charge in [-0.15, -0.1) is 0 Å². The number of hydrogen-bond acceptors (Lipinski definition) is 2. The monoisotopic (exact) mass is 316 g/mol. The summed E-state index contributed by atoms with van der Waals surface area (Å²) in [6, 6.07) is 6.52. The van der Waals surface area contributed by atoms with E-state index in [-0.39, 0.29) is 17.3 Å². The van der Waals surface area contributed by atoms with Gasteiger partial charge in [-0.3, -0.25) is 9.36 Å². The maximum absolute atomic E-state index is 12.0. The Balaban J connectivity index is 2.52. The Morgan fingerprint density at radius 2 is 1.84 bits per heavy atom. The van der Waals surface area contributed by atoms with Crippen molar-refractivity contribution >= 4 is 34.8 Å². The highest BCUT2D eigenvalue weighted by atomic mass is 35.5. The van der Waals surface area contributed by atoms with Crippen LogP contribution in [-0.2, 0) is 13.0 Å². The van der Waals surface area contributed by atoms with Gasteiger partial charge in [-0.05, 0) is 12.1 Å². The molecule has 0 bridgehead atoms. The molecule has 0 spiro atoms. The molecule has 1 aromatic heterocycles. The molecular weight excluding hydrogens is 307 g/mol. The standard InChI is InChI=1S/C13H11Cl3N2O/c1-2-12-17-11(16)6-13(19)18(12)7-8-9(14)4-3-5-10(8)15/h3-6H,2,7H2,1H3. The molecule has 0 aliphatic carbocycles. The summed E-state index contributed by atoms with van der Waals surface area (Å²) in [7, 11) is 0. The number of hydrogen-bond donors (Lipinski definition) is 0. The molecule has 2 aromatic rings. The van der Waals surface area contributed by atoms with Crippen molar-refractivity contribution in [2.75, 3.05) is 0 Å². The molecule has 1 aromatic carbocycles. The Hall–Kier alpha value is -1.03. The van der Waals surface area contributed by atoms with Crippen LogP contribution in [0, 0.1) is 0 Å². The fourth-order valence-corrected chi connectivity index (χ4v) is 2.51. The number of nitrogens with zero attached hydrogens (tertiary/aromatic N) is 2. The normalized spacial score (nSPS) is 10.7. The Bertz CT molecular complexity index is 647. The van der Waals surface area contributed by atoms with Crippen LogP contribution in [0.5, 0.6) is 0 Å². The van der Waals surface area contributed by atoms with E-state index in [0.717, 1.165) is 0 Å². The molecule has 1 heterocycles.